The van der Waals surface area contributed by atoms with Crippen LogP contribution in [0.15, 0.2) is 53.9 Å². The Kier molecular flexibility index (Phi) is 8.60. The van der Waals surface area contributed by atoms with E-state index in [1.54, 1.807) is 24.3 Å². The van der Waals surface area contributed by atoms with Crippen molar-refractivity contribution in [3.05, 3.63) is 69.5 Å². The molecule has 3 aliphatic carbocycles. The summed E-state index contributed by atoms with van der Waals surface area (Å²) in [7, 11) is 0. The van der Waals surface area contributed by atoms with E-state index >= 15 is 0 Å². The fourth-order valence-electron chi connectivity index (χ4n) is 4.52. The molecule has 1 atom stereocenters. The number of hydrogen-bond donors (Lipinski definition) is 0. The van der Waals surface area contributed by atoms with Gasteiger partial charge >= 0.3 is 0 Å². The molecule has 0 aromatic heterocycles. The summed E-state index contributed by atoms with van der Waals surface area (Å²) < 4.78 is 0. The van der Waals surface area contributed by atoms with Gasteiger partial charge in [0.15, 0.2) is 5.75 Å². The van der Waals surface area contributed by atoms with E-state index in [1.807, 2.05) is 6.07 Å². The van der Waals surface area contributed by atoms with E-state index in [0.29, 0.717) is 21.4 Å². The minimum absolute atomic E-state index is 0.0489. The molecule has 33 heavy (non-hydrogen) atoms. The van der Waals surface area contributed by atoms with Gasteiger partial charge in [-0.2, -0.15) is 0 Å². The van der Waals surface area contributed by atoms with Crippen LogP contribution >= 0.6 is 0 Å². The fraction of sp³-hybridized carbons (Fsp3) is 0.583. The van der Waals surface area contributed by atoms with Crippen molar-refractivity contribution in [3.63, 3.8) is 0 Å². The monoisotopic (exact) mass is 458 g/mol. The van der Waals surface area contributed by atoms with Gasteiger partial charge in [-0.3, -0.25) is 15.3 Å². The van der Waals surface area contributed by atoms with Crippen LogP contribution in [0.2, 0.25) is 0 Å². The number of benzene rings is 1. The van der Waals surface area contributed by atoms with Gasteiger partial charge in [0.05, 0.1) is 17.9 Å². The number of hydroxylamine groups is 6. The Labute approximate surface area is 194 Å². The summed E-state index contributed by atoms with van der Waals surface area (Å²) in [6.45, 7) is 0. The van der Waals surface area contributed by atoms with Gasteiger partial charge in [0.1, 0.15) is 0 Å². The van der Waals surface area contributed by atoms with Gasteiger partial charge in [-0.25, -0.2) is 0 Å². The molecule has 1 aromatic carbocycles. The highest BCUT2D eigenvalue weighted by atomic mass is 16.9. The molecule has 0 N–H and O–H groups in total. The molecule has 2 saturated carbocycles. The van der Waals surface area contributed by atoms with Crippen LogP contribution in [0.25, 0.3) is 0 Å². The van der Waals surface area contributed by atoms with E-state index in [1.165, 1.54) is 12.2 Å². The maximum absolute atomic E-state index is 12.9. The van der Waals surface area contributed by atoms with Gasteiger partial charge in [0.2, 0.25) is 0 Å². The van der Waals surface area contributed by atoms with Crippen LogP contribution in [0.4, 0.5) is 0 Å². The normalized spacial score (nSPS) is 22.6. The second-order valence-corrected chi connectivity index (χ2v) is 8.93. The molecular weight excluding hydrogens is 426 g/mol. The van der Waals surface area contributed by atoms with Crippen LogP contribution in [0, 0.1) is 15.6 Å². The lowest BCUT2D eigenvalue weighted by Gasteiger charge is -2.44. The first-order chi connectivity index (χ1) is 16.1. The zero-order chi connectivity index (χ0) is 23.0. The number of hydrogen-bond acceptors (Lipinski definition) is 9. The smallest absolute Gasteiger partial charge is 0.154 e. The molecule has 0 amide bonds. The molecule has 1 aromatic rings. The van der Waals surface area contributed by atoms with Gasteiger partial charge in [0.25, 0.3) is 0 Å². The molecule has 0 saturated heterocycles. The first-order valence-electron chi connectivity index (χ1n) is 12.0. The largest absolute Gasteiger partial charge is 0.762 e. The van der Waals surface area contributed by atoms with E-state index in [-0.39, 0.29) is 30.0 Å². The van der Waals surface area contributed by atoms with Crippen molar-refractivity contribution in [1.29, 1.82) is 0 Å². The van der Waals surface area contributed by atoms with Crippen LogP contribution in [0.1, 0.15) is 70.6 Å². The second-order valence-electron chi connectivity index (χ2n) is 8.93. The number of rotatable bonds is 9. The highest BCUT2D eigenvalue weighted by molar-refractivity contribution is 5.30. The standard InChI is InChI=1S/C24H32N3O6/c28-25(31-22-10-4-1-5-11-22)19-16-20(26(29)32-23-12-6-2-7-13-23)18-21(17-19)27(30)33-24-14-8-3-9-15-24/h1,4-5,10-11,16,18,21,23-24H,2-3,6-9,12-15,17H2/q-3. The average Bonchev–Trinajstić information content (AvgIpc) is 2.85. The predicted octanol–water partition coefficient (Wildman–Crippen LogP) is 5.45. The molecule has 182 valence electrons. The summed E-state index contributed by atoms with van der Waals surface area (Å²) in [5, 5.41) is 39.7. The number of para-hydroxylation sites is 1. The van der Waals surface area contributed by atoms with Gasteiger partial charge in [-0.05, 0) is 50.0 Å². The van der Waals surface area contributed by atoms with Crippen molar-refractivity contribution < 1.29 is 14.5 Å². The van der Waals surface area contributed by atoms with Crippen LogP contribution in [-0.2, 0) is 9.68 Å². The number of nitrogens with zero attached hydrogens (tertiary/aromatic N) is 3. The van der Waals surface area contributed by atoms with Crippen molar-refractivity contribution in [3.8, 4) is 5.75 Å². The van der Waals surface area contributed by atoms with Gasteiger partial charge in [-0.15, -0.1) is 0 Å². The van der Waals surface area contributed by atoms with Crippen molar-refractivity contribution in [2.75, 3.05) is 0 Å². The van der Waals surface area contributed by atoms with Crippen molar-refractivity contribution in [2.45, 2.75) is 88.9 Å². The number of allylic oxidation sites excluding steroid dienone is 1. The van der Waals surface area contributed by atoms with E-state index in [4.69, 9.17) is 14.5 Å². The zero-order valence-corrected chi connectivity index (χ0v) is 18.8. The third kappa shape index (κ3) is 6.92. The quantitative estimate of drug-likeness (QED) is 0.446. The van der Waals surface area contributed by atoms with E-state index in [2.05, 4.69) is 0 Å². The minimum Gasteiger partial charge on any atom is -0.762 e. The minimum atomic E-state index is -0.843. The van der Waals surface area contributed by atoms with Crippen molar-refractivity contribution >= 4 is 0 Å². The molecule has 0 aliphatic heterocycles. The molecule has 3 aliphatic rings. The van der Waals surface area contributed by atoms with E-state index in [9.17, 15) is 15.6 Å². The summed E-state index contributed by atoms with van der Waals surface area (Å²) >= 11 is 0. The molecule has 4 rings (SSSR count). The summed E-state index contributed by atoms with van der Waals surface area (Å²) in [6.07, 6.45) is 12.3. The van der Waals surface area contributed by atoms with E-state index in [0.717, 1.165) is 64.2 Å². The molecular formula is C24H32N3O6-3. The molecule has 0 radical (unpaired) electrons. The Morgan fingerprint density at radius 2 is 1.33 bits per heavy atom. The Bertz CT molecular complexity index is 793. The third-order valence-electron chi connectivity index (χ3n) is 6.35. The first kappa shape index (κ1) is 24.0. The molecule has 9 nitrogen and oxygen atoms in total. The Morgan fingerprint density at radius 3 is 1.97 bits per heavy atom. The maximum atomic E-state index is 12.9. The molecule has 0 spiro atoms. The highest BCUT2D eigenvalue weighted by Gasteiger charge is 2.24. The van der Waals surface area contributed by atoms with Gasteiger partial charge < -0.3 is 30.5 Å². The van der Waals surface area contributed by atoms with E-state index < -0.39 is 6.04 Å². The Morgan fingerprint density at radius 1 is 0.727 bits per heavy atom. The third-order valence-corrected chi connectivity index (χ3v) is 6.35. The molecule has 0 heterocycles. The SMILES string of the molecule is [O-]N(OC1CCCCC1)C1=CC(N([O-])OC2CCCCC2)CC(N([O-])Oc2ccccc2)=C1. The summed E-state index contributed by atoms with van der Waals surface area (Å²) in [6, 6.07) is 7.78. The second kappa shape index (κ2) is 11.8. The van der Waals surface area contributed by atoms with Gasteiger partial charge in [0, 0.05) is 18.2 Å². The first-order valence-corrected chi connectivity index (χ1v) is 12.0. The van der Waals surface area contributed by atoms with Crippen LogP contribution in [-0.4, -0.2) is 33.9 Å². The molecule has 2 fully saturated rings. The lowest BCUT2D eigenvalue weighted by Crippen LogP contribution is -2.38. The lowest BCUT2D eigenvalue weighted by atomic mass is 9.98. The maximum Gasteiger partial charge on any atom is 0.154 e. The zero-order valence-electron chi connectivity index (χ0n) is 18.8. The van der Waals surface area contributed by atoms with Crippen LogP contribution < -0.4 is 4.84 Å². The Balaban J connectivity index is 1.47. The summed E-state index contributed by atoms with van der Waals surface area (Å²) in [5.74, 6) is 0.357. The van der Waals surface area contributed by atoms with Crippen molar-refractivity contribution in [2.24, 2.45) is 0 Å². The topological polar surface area (TPSA) is 107 Å². The summed E-state index contributed by atoms with van der Waals surface area (Å²) in [5.41, 5.74) is 0.236. The van der Waals surface area contributed by atoms with Crippen molar-refractivity contribution in [1.82, 2.24) is 15.7 Å². The average molecular weight is 459 g/mol. The molecule has 9 heteroatoms. The predicted molar refractivity (Wildman–Crippen MR) is 123 cm³/mol. The Hall–Kier alpha value is -2.14. The molecule has 0 bridgehead atoms. The fourth-order valence-corrected chi connectivity index (χ4v) is 4.52. The highest BCUT2D eigenvalue weighted by Crippen LogP contribution is 2.30. The lowest BCUT2D eigenvalue weighted by molar-refractivity contribution is -0.190. The summed E-state index contributed by atoms with van der Waals surface area (Å²) in [4.78, 5) is 16.6. The van der Waals surface area contributed by atoms with Gasteiger partial charge in [-0.1, -0.05) is 56.7 Å². The van der Waals surface area contributed by atoms with Crippen LogP contribution in [0.3, 0.4) is 0 Å². The van der Waals surface area contributed by atoms with Crippen LogP contribution in [0.5, 0.6) is 5.75 Å². The molecule has 1 unspecified atom stereocenters.